The van der Waals surface area contributed by atoms with Gasteiger partial charge in [0.1, 0.15) is 0 Å². The molecule has 0 spiro atoms. The molecule has 4 heteroatoms. The Balaban J connectivity index is 3.10. The van der Waals surface area contributed by atoms with Crippen LogP contribution in [0.5, 0.6) is 0 Å². The van der Waals surface area contributed by atoms with Crippen LogP contribution in [0.2, 0.25) is 0 Å². The van der Waals surface area contributed by atoms with Gasteiger partial charge in [0, 0.05) is 0 Å². The normalized spacial score (nSPS) is 11.7. The SMILES string of the molecule is [C-]#[N+]c1nc(C(C)CC)[nH]c1[N+]#[C-]. The molecular weight excluding hydrogens is 164 g/mol. The molecule has 0 aliphatic heterocycles. The Kier molecular flexibility index (Phi) is 2.66. The Hall–Kier alpha value is -1.81. The minimum absolute atomic E-state index is 0.185. The lowest BCUT2D eigenvalue weighted by molar-refractivity contribution is 0.690. The molecule has 1 unspecified atom stereocenters. The van der Waals surface area contributed by atoms with E-state index in [0.717, 1.165) is 12.2 Å². The van der Waals surface area contributed by atoms with E-state index in [1.807, 2.05) is 13.8 Å². The molecule has 13 heavy (non-hydrogen) atoms. The van der Waals surface area contributed by atoms with E-state index in [9.17, 15) is 0 Å². The van der Waals surface area contributed by atoms with E-state index in [-0.39, 0.29) is 17.6 Å². The van der Waals surface area contributed by atoms with Crippen molar-refractivity contribution >= 4 is 11.6 Å². The monoisotopic (exact) mass is 174 g/mol. The van der Waals surface area contributed by atoms with Crippen molar-refractivity contribution in [3.63, 3.8) is 0 Å². The van der Waals surface area contributed by atoms with Gasteiger partial charge in [-0.25, -0.2) is 0 Å². The minimum atomic E-state index is 0.185. The highest BCUT2D eigenvalue weighted by Gasteiger charge is 2.18. The van der Waals surface area contributed by atoms with Crippen LogP contribution in [-0.4, -0.2) is 9.97 Å². The lowest BCUT2D eigenvalue weighted by Gasteiger charge is -1.95. The number of nitrogens with zero attached hydrogens (tertiary/aromatic N) is 3. The molecule has 0 aliphatic rings. The fourth-order valence-electron chi connectivity index (χ4n) is 0.955. The van der Waals surface area contributed by atoms with Crippen LogP contribution < -0.4 is 0 Å². The third kappa shape index (κ3) is 1.68. The molecule has 66 valence electrons. The fourth-order valence-corrected chi connectivity index (χ4v) is 0.955. The first-order valence-electron chi connectivity index (χ1n) is 4.07. The Morgan fingerprint density at radius 2 is 2.15 bits per heavy atom. The second kappa shape index (κ2) is 3.73. The van der Waals surface area contributed by atoms with Crippen LogP contribution in [0.25, 0.3) is 9.69 Å². The van der Waals surface area contributed by atoms with Crippen molar-refractivity contribution in [3.8, 4) is 0 Å². The lowest BCUT2D eigenvalue weighted by Crippen LogP contribution is -1.92. The number of nitrogens with one attached hydrogen (secondary N) is 1. The number of hydrogen-bond acceptors (Lipinski definition) is 1. The molecule has 1 N–H and O–H groups in total. The summed E-state index contributed by atoms with van der Waals surface area (Å²) in [5.74, 6) is 1.45. The lowest BCUT2D eigenvalue weighted by atomic mass is 10.1. The Morgan fingerprint density at radius 1 is 1.46 bits per heavy atom. The zero-order valence-corrected chi connectivity index (χ0v) is 7.63. The topological polar surface area (TPSA) is 37.4 Å². The van der Waals surface area contributed by atoms with Crippen molar-refractivity contribution in [2.24, 2.45) is 0 Å². The summed E-state index contributed by atoms with van der Waals surface area (Å²) in [6.45, 7) is 17.7. The van der Waals surface area contributed by atoms with Gasteiger partial charge in [0.05, 0.1) is 5.92 Å². The van der Waals surface area contributed by atoms with E-state index >= 15 is 0 Å². The van der Waals surface area contributed by atoms with Gasteiger partial charge in [0.15, 0.2) is 0 Å². The van der Waals surface area contributed by atoms with E-state index < -0.39 is 0 Å². The zero-order chi connectivity index (χ0) is 9.84. The molecule has 0 saturated heterocycles. The van der Waals surface area contributed by atoms with E-state index in [1.54, 1.807) is 0 Å². The van der Waals surface area contributed by atoms with Crippen molar-refractivity contribution in [2.75, 3.05) is 0 Å². The summed E-state index contributed by atoms with van der Waals surface area (Å²) in [5, 5.41) is 0. The molecule has 1 atom stereocenters. The standard InChI is InChI=1S/C9H10N4/c1-5-6(2)7-12-8(10-3)9(11-4)13-7/h6H,5H2,1-2H3,(H,12,13). The first-order valence-corrected chi connectivity index (χ1v) is 4.07. The van der Waals surface area contributed by atoms with Crippen LogP contribution in [-0.2, 0) is 0 Å². The molecule has 1 rings (SSSR count). The van der Waals surface area contributed by atoms with Crippen molar-refractivity contribution in [2.45, 2.75) is 26.2 Å². The van der Waals surface area contributed by atoms with Crippen molar-refractivity contribution in [1.29, 1.82) is 0 Å². The molecule has 4 nitrogen and oxygen atoms in total. The summed E-state index contributed by atoms with van der Waals surface area (Å²) in [4.78, 5) is 13.3. The Bertz CT molecular complexity index is 346. The predicted molar refractivity (Wildman–Crippen MR) is 49.8 cm³/mol. The van der Waals surface area contributed by atoms with Gasteiger partial charge < -0.3 is 9.69 Å². The Morgan fingerprint density at radius 3 is 2.54 bits per heavy atom. The van der Waals surface area contributed by atoms with Gasteiger partial charge in [0.25, 0.3) is 17.5 Å². The molecule has 0 radical (unpaired) electrons. The summed E-state index contributed by atoms with van der Waals surface area (Å²) in [7, 11) is 0. The number of aromatic amines is 1. The van der Waals surface area contributed by atoms with Gasteiger partial charge in [-0.15, -0.1) is 0 Å². The summed E-state index contributed by atoms with van der Waals surface area (Å²) >= 11 is 0. The third-order valence-electron chi connectivity index (χ3n) is 1.98. The van der Waals surface area contributed by atoms with E-state index in [0.29, 0.717) is 0 Å². The highest BCUT2D eigenvalue weighted by molar-refractivity contribution is 5.62. The number of imidazole rings is 1. The van der Waals surface area contributed by atoms with Gasteiger partial charge in [-0.3, -0.25) is 4.98 Å². The molecule has 0 aromatic carbocycles. The Labute approximate surface area is 77.3 Å². The average Bonchev–Trinajstić information content (AvgIpc) is 2.59. The van der Waals surface area contributed by atoms with Gasteiger partial charge in [-0.1, -0.05) is 32.0 Å². The molecule has 1 aromatic heterocycles. The number of rotatable bonds is 2. The maximum Gasteiger partial charge on any atom is 0.293 e. The average molecular weight is 174 g/mol. The quantitative estimate of drug-likeness (QED) is 0.687. The molecule has 0 saturated carbocycles. The number of aromatic nitrogens is 2. The molecule has 0 bridgehead atoms. The summed E-state index contributed by atoms with van der Waals surface area (Å²) in [5.41, 5.74) is 0. The highest BCUT2D eigenvalue weighted by atomic mass is 15.1. The molecule has 1 aromatic rings. The van der Waals surface area contributed by atoms with Gasteiger partial charge in [-0.2, -0.15) is 0 Å². The molecule has 0 amide bonds. The zero-order valence-electron chi connectivity index (χ0n) is 7.63. The highest BCUT2D eigenvalue weighted by Crippen LogP contribution is 2.28. The second-order valence-electron chi connectivity index (χ2n) is 2.83. The minimum Gasteiger partial charge on any atom is -0.373 e. The van der Waals surface area contributed by atoms with Crippen LogP contribution in [0.15, 0.2) is 0 Å². The van der Waals surface area contributed by atoms with Crippen LogP contribution in [0.4, 0.5) is 11.6 Å². The third-order valence-corrected chi connectivity index (χ3v) is 1.98. The van der Waals surface area contributed by atoms with Crippen LogP contribution in [0.1, 0.15) is 32.0 Å². The smallest absolute Gasteiger partial charge is 0.293 e. The van der Waals surface area contributed by atoms with E-state index in [1.165, 1.54) is 0 Å². The van der Waals surface area contributed by atoms with Crippen LogP contribution in [0, 0.1) is 13.1 Å². The summed E-state index contributed by atoms with van der Waals surface area (Å²) in [6.07, 6.45) is 0.947. The van der Waals surface area contributed by atoms with Crippen molar-refractivity contribution in [1.82, 2.24) is 9.97 Å². The maximum atomic E-state index is 6.81. The molecule has 0 fully saturated rings. The number of hydrogen-bond donors (Lipinski definition) is 1. The van der Waals surface area contributed by atoms with Crippen LogP contribution >= 0.6 is 0 Å². The molecular formula is C9H10N4. The van der Waals surface area contributed by atoms with E-state index in [2.05, 4.69) is 19.7 Å². The summed E-state index contributed by atoms with van der Waals surface area (Å²) < 4.78 is 0. The number of H-pyrrole nitrogens is 1. The summed E-state index contributed by atoms with van der Waals surface area (Å²) in [6, 6.07) is 0. The largest absolute Gasteiger partial charge is 0.373 e. The molecule has 1 heterocycles. The van der Waals surface area contributed by atoms with Crippen molar-refractivity contribution < 1.29 is 0 Å². The van der Waals surface area contributed by atoms with Gasteiger partial charge in [0.2, 0.25) is 0 Å². The van der Waals surface area contributed by atoms with Gasteiger partial charge in [-0.05, 0) is 6.42 Å². The fraction of sp³-hybridized carbons (Fsp3) is 0.444. The van der Waals surface area contributed by atoms with Gasteiger partial charge >= 0.3 is 0 Å². The predicted octanol–water partition coefficient (Wildman–Crippen LogP) is 3.02. The van der Waals surface area contributed by atoms with Crippen molar-refractivity contribution in [3.05, 3.63) is 28.7 Å². The van der Waals surface area contributed by atoms with Crippen LogP contribution in [0.3, 0.4) is 0 Å². The maximum absolute atomic E-state index is 6.81. The first-order chi connectivity index (χ1) is 6.22. The first kappa shape index (κ1) is 9.28. The van der Waals surface area contributed by atoms with E-state index in [4.69, 9.17) is 13.1 Å². The molecule has 0 aliphatic carbocycles. The second-order valence-corrected chi connectivity index (χ2v) is 2.83.